The van der Waals surface area contributed by atoms with Crippen LogP contribution in [0.5, 0.6) is 0 Å². The molecule has 0 heterocycles. The van der Waals surface area contributed by atoms with Crippen LogP contribution in [-0.4, -0.2) is 19.5 Å². The van der Waals surface area contributed by atoms with E-state index < -0.39 is 9.84 Å². The van der Waals surface area contributed by atoms with Gasteiger partial charge in [0.1, 0.15) is 0 Å². The molecule has 1 aromatic rings. The number of halogens is 1. The van der Waals surface area contributed by atoms with Crippen molar-refractivity contribution < 1.29 is 8.42 Å². The molecule has 0 saturated heterocycles. The maximum absolute atomic E-state index is 12.7. The zero-order valence-corrected chi connectivity index (χ0v) is 14.5. The molecule has 0 spiro atoms. The molecule has 0 amide bonds. The molecule has 112 valence electrons. The van der Waals surface area contributed by atoms with Crippen molar-refractivity contribution in [2.24, 2.45) is 5.41 Å². The van der Waals surface area contributed by atoms with Crippen LogP contribution in [0.3, 0.4) is 0 Å². The Kier molecular flexibility index (Phi) is 5.30. The molecule has 1 aliphatic rings. The first-order valence-corrected chi connectivity index (χ1v) is 10.1. The first-order chi connectivity index (χ1) is 9.47. The molecule has 0 unspecified atom stereocenters. The van der Waals surface area contributed by atoms with E-state index in [0.29, 0.717) is 4.90 Å². The van der Waals surface area contributed by atoms with Crippen LogP contribution in [0.15, 0.2) is 29.2 Å². The average Bonchev–Trinajstić information content (AvgIpc) is 2.65. The highest BCUT2D eigenvalue weighted by Gasteiger charge is 2.35. The lowest BCUT2D eigenvalue weighted by Crippen LogP contribution is -2.31. The first-order valence-electron chi connectivity index (χ1n) is 7.33. The predicted octanol–water partition coefficient (Wildman–Crippen LogP) is 4.50. The van der Waals surface area contributed by atoms with Gasteiger partial charge in [-0.15, -0.1) is 0 Å². The largest absolute Gasteiger partial charge is 0.224 e. The molecule has 0 aromatic heterocycles. The molecule has 1 fully saturated rings. The van der Waals surface area contributed by atoms with E-state index in [2.05, 4.69) is 15.9 Å². The number of hydrogen-bond acceptors (Lipinski definition) is 2. The molecule has 4 heteroatoms. The summed E-state index contributed by atoms with van der Waals surface area (Å²) in [7, 11) is -3.19. The van der Waals surface area contributed by atoms with E-state index in [1.165, 1.54) is 12.8 Å². The highest BCUT2D eigenvalue weighted by molar-refractivity contribution is 9.09. The van der Waals surface area contributed by atoms with E-state index in [1.807, 2.05) is 19.1 Å². The predicted molar refractivity (Wildman–Crippen MR) is 87.2 cm³/mol. The lowest BCUT2D eigenvalue weighted by molar-refractivity contribution is 0.327. The summed E-state index contributed by atoms with van der Waals surface area (Å²) in [6, 6.07) is 7.23. The molecule has 1 saturated carbocycles. The standard InChI is InChI=1S/C16H23BrO2S/c1-14-6-8-15(9-7-14)20(18,19)13-16(12-17)10-4-2-3-5-11-16/h6-9H,2-5,10-13H2,1H3. The molecule has 2 nitrogen and oxygen atoms in total. The Morgan fingerprint density at radius 3 is 2.10 bits per heavy atom. The Bertz CT molecular complexity index is 526. The minimum atomic E-state index is -3.19. The summed E-state index contributed by atoms with van der Waals surface area (Å²) >= 11 is 3.58. The summed E-state index contributed by atoms with van der Waals surface area (Å²) in [6.07, 6.45) is 6.80. The van der Waals surface area contributed by atoms with E-state index in [-0.39, 0.29) is 11.2 Å². The number of aryl methyl sites for hydroxylation is 1. The fourth-order valence-electron chi connectivity index (χ4n) is 3.03. The van der Waals surface area contributed by atoms with E-state index in [9.17, 15) is 8.42 Å². The average molecular weight is 359 g/mol. The second-order valence-corrected chi connectivity index (χ2v) is 8.67. The number of benzene rings is 1. The summed E-state index contributed by atoms with van der Waals surface area (Å²) in [5.74, 6) is 0.272. The highest BCUT2D eigenvalue weighted by atomic mass is 79.9. The van der Waals surface area contributed by atoms with E-state index in [1.54, 1.807) is 12.1 Å². The number of hydrogen-bond donors (Lipinski definition) is 0. The second-order valence-electron chi connectivity index (χ2n) is 6.12. The zero-order chi connectivity index (χ0) is 14.6. The van der Waals surface area contributed by atoms with Gasteiger partial charge in [-0.3, -0.25) is 0 Å². The monoisotopic (exact) mass is 358 g/mol. The van der Waals surface area contributed by atoms with Crippen LogP contribution in [0.4, 0.5) is 0 Å². The second kappa shape index (κ2) is 6.61. The summed E-state index contributed by atoms with van der Waals surface area (Å²) in [5.41, 5.74) is 1.01. The molecule has 2 rings (SSSR count). The quantitative estimate of drug-likeness (QED) is 0.586. The third-order valence-corrected chi connectivity index (χ3v) is 7.50. The van der Waals surface area contributed by atoms with Crippen LogP contribution in [0.2, 0.25) is 0 Å². The Balaban J connectivity index is 2.23. The van der Waals surface area contributed by atoms with Gasteiger partial charge in [-0.25, -0.2) is 8.42 Å². The molecular weight excluding hydrogens is 336 g/mol. The maximum Gasteiger partial charge on any atom is 0.178 e. The molecule has 0 atom stereocenters. The summed E-state index contributed by atoms with van der Waals surface area (Å²) in [6.45, 7) is 1.97. The van der Waals surface area contributed by atoms with Gasteiger partial charge in [-0.2, -0.15) is 0 Å². The molecule has 0 bridgehead atoms. The number of rotatable bonds is 4. The van der Waals surface area contributed by atoms with Crippen molar-refractivity contribution in [1.29, 1.82) is 0 Å². The molecule has 0 radical (unpaired) electrons. The van der Waals surface area contributed by atoms with Gasteiger partial charge in [-0.05, 0) is 37.3 Å². The van der Waals surface area contributed by atoms with E-state index in [0.717, 1.165) is 36.6 Å². The summed E-state index contributed by atoms with van der Waals surface area (Å²) < 4.78 is 25.3. The first kappa shape index (κ1) is 16.0. The van der Waals surface area contributed by atoms with Gasteiger partial charge >= 0.3 is 0 Å². The lowest BCUT2D eigenvalue weighted by atomic mass is 9.85. The van der Waals surface area contributed by atoms with E-state index in [4.69, 9.17) is 0 Å². The van der Waals surface area contributed by atoms with E-state index >= 15 is 0 Å². The highest BCUT2D eigenvalue weighted by Crippen LogP contribution is 2.39. The van der Waals surface area contributed by atoms with Crippen LogP contribution in [0.25, 0.3) is 0 Å². The number of alkyl halides is 1. The molecule has 20 heavy (non-hydrogen) atoms. The Morgan fingerprint density at radius 1 is 1.05 bits per heavy atom. The molecule has 0 aliphatic heterocycles. The summed E-state index contributed by atoms with van der Waals surface area (Å²) in [4.78, 5) is 0.465. The van der Waals surface area contributed by atoms with Crippen LogP contribution in [-0.2, 0) is 9.84 Å². The van der Waals surface area contributed by atoms with Crippen molar-refractivity contribution in [2.75, 3.05) is 11.1 Å². The minimum Gasteiger partial charge on any atom is -0.224 e. The van der Waals surface area contributed by atoms with Crippen LogP contribution in [0, 0.1) is 12.3 Å². The van der Waals surface area contributed by atoms with Crippen molar-refractivity contribution in [2.45, 2.75) is 50.3 Å². The van der Waals surface area contributed by atoms with Crippen LogP contribution < -0.4 is 0 Å². The maximum atomic E-state index is 12.7. The van der Waals surface area contributed by atoms with Crippen LogP contribution in [0.1, 0.15) is 44.1 Å². The van der Waals surface area contributed by atoms with Gasteiger partial charge in [0.05, 0.1) is 10.6 Å². The van der Waals surface area contributed by atoms with Gasteiger partial charge in [0.2, 0.25) is 0 Å². The normalized spacial score (nSPS) is 19.5. The van der Waals surface area contributed by atoms with Gasteiger partial charge in [0, 0.05) is 5.33 Å². The zero-order valence-electron chi connectivity index (χ0n) is 12.1. The SMILES string of the molecule is Cc1ccc(S(=O)(=O)CC2(CBr)CCCCCC2)cc1. The van der Waals surface area contributed by atoms with Gasteiger partial charge in [-0.1, -0.05) is 59.3 Å². The smallest absolute Gasteiger partial charge is 0.178 e. The molecule has 1 aliphatic carbocycles. The van der Waals surface area contributed by atoms with Gasteiger partial charge in [0.25, 0.3) is 0 Å². The molecule has 1 aromatic carbocycles. The van der Waals surface area contributed by atoms with Crippen molar-refractivity contribution in [1.82, 2.24) is 0 Å². The van der Waals surface area contributed by atoms with Crippen molar-refractivity contribution >= 4 is 25.8 Å². The van der Waals surface area contributed by atoms with Crippen molar-refractivity contribution in [3.05, 3.63) is 29.8 Å². The minimum absolute atomic E-state index is 0.0831. The third-order valence-electron chi connectivity index (χ3n) is 4.32. The fraction of sp³-hybridized carbons (Fsp3) is 0.625. The Morgan fingerprint density at radius 2 is 1.60 bits per heavy atom. The lowest BCUT2D eigenvalue weighted by Gasteiger charge is -2.30. The van der Waals surface area contributed by atoms with Crippen LogP contribution >= 0.6 is 15.9 Å². The van der Waals surface area contributed by atoms with Crippen molar-refractivity contribution in [3.8, 4) is 0 Å². The summed E-state index contributed by atoms with van der Waals surface area (Å²) in [5, 5.41) is 0.783. The Labute approximate surface area is 131 Å². The molecule has 0 N–H and O–H groups in total. The fourth-order valence-corrected chi connectivity index (χ4v) is 5.96. The third kappa shape index (κ3) is 3.85. The van der Waals surface area contributed by atoms with Gasteiger partial charge in [0.15, 0.2) is 9.84 Å². The topological polar surface area (TPSA) is 34.1 Å². The number of sulfone groups is 1. The van der Waals surface area contributed by atoms with Crippen molar-refractivity contribution in [3.63, 3.8) is 0 Å². The van der Waals surface area contributed by atoms with Gasteiger partial charge < -0.3 is 0 Å². The Hall–Kier alpha value is -0.350. The molecular formula is C16H23BrO2S.